The topological polar surface area (TPSA) is 75.7 Å². The lowest BCUT2D eigenvalue weighted by Crippen LogP contribution is -2.39. The number of carbonyl (C=O) groups excluding carboxylic acids is 1. The van der Waals surface area contributed by atoms with Crippen LogP contribution in [0.5, 0.6) is 5.75 Å². The van der Waals surface area contributed by atoms with E-state index in [0.717, 1.165) is 6.42 Å². The molecule has 0 unspecified atom stereocenters. The first kappa shape index (κ1) is 17.7. The predicted molar refractivity (Wildman–Crippen MR) is 84.1 cm³/mol. The monoisotopic (exact) mass is 344 g/mol. The van der Waals surface area contributed by atoms with E-state index in [0.29, 0.717) is 38.2 Å². The lowest BCUT2D eigenvalue weighted by Gasteiger charge is -2.26. The summed E-state index contributed by atoms with van der Waals surface area (Å²) in [6.45, 7) is 1.13. The molecule has 0 atom stereocenters. The summed E-state index contributed by atoms with van der Waals surface area (Å²) >= 11 is 0. The fourth-order valence-electron chi connectivity index (χ4n) is 2.33. The summed E-state index contributed by atoms with van der Waals surface area (Å²) < 4.78 is 43.2. The zero-order valence-electron chi connectivity index (χ0n) is 12.8. The van der Waals surface area contributed by atoms with Crippen molar-refractivity contribution in [2.45, 2.75) is 19.3 Å². The van der Waals surface area contributed by atoms with Gasteiger partial charge in [-0.15, -0.1) is 0 Å². The summed E-state index contributed by atoms with van der Waals surface area (Å²) in [6, 6.07) is 5.56. The van der Waals surface area contributed by atoms with Gasteiger partial charge >= 0.3 is 0 Å². The first-order valence-corrected chi connectivity index (χ1v) is 9.21. The van der Waals surface area contributed by atoms with Gasteiger partial charge in [0.1, 0.15) is 11.6 Å². The molecule has 1 fully saturated rings. The highest BCUT2D eigenvalue weighted by molar-refractivity contribution is 7.89. The lowest BCUT2D eigenvalue weighted by atomic mass is 10.3. The number of halogens is 1. The van der Waals surface area contributed by atoms with E-state index in [1.807, 2.05) is 0 Å². The first-order valence-electron chi connectivity index (χ1n) is 7.60. The van der Waals surface area contributed by atoms with Crippen molar-refractivity contribution < 1.29 is 22.3 Å². The summed E-state index contributed by atoms with van der Waals surface area (Å²) in [5, 5.41) is 2.66. The number of carbonyl (C=O) groups is 1. The molecule has 0 aliphatic carbocycles. The van der Waals surface area contributed by atoms with Crippen LogP contribution in [0.25, 0.3) is 0 Å². The molecule has 0 spiro atoms. The van der Waals surface area contributed by atoms with E-state index in [1.165, 1.54) is 22.5 Å². The molecule has 6 nitrogen and oxygen atoms in total. The molecule has 8 heteroatoms. The smallest absolute Gasteiger partial charge is 0.257 e. The van der Waals surface area contributed by atoms with Crippen molar-refractivity contribution in [3.63, 3.8) is 0 Å². The number of benzene rings is 1. The van der Waals surface area contributed by atoms with E-state index in [1.54, 1.807) is 6.07 Å². The van der Waals surface area contributed by atoms with Crippen molar-refractivity contribution in [3.05, 3.63) is 30.1 Å². The van der Waals surface area contributed by atoms with E-state index < -0.39 is 15.8 Å². The number of ether oxygens (including phenoxy) is 1. The minimum absolute atomic E-state index is 0.203. The predicted octanol–water partition coefficient (Wildman–Crippen LogP) is 1.14. The van der Waals surface area contributed by atoms with Gasteiger partial charge in [0, 0.05) is 25.7 Å². The van der Waals surface area contributed by atoms with Crippen molar-refractivity contribution in [3.8, 4) is 5.75 Å². The molecular weight excluding hydrogens is 323 g/mol. The highest BCUT2D eigenvalue weighted by Gasteiger charge is 2.24. The highest BCUT2D eigenvalue weighted by Crippen LogP contribution is 2.13. The number of hydrogen-bond donors (Lipinski definition) is 1. The Bertz CT molecular complexity index is 636. The maximum Gasteiger partial charge on any atom is 0.257 e. The van der Waals surface area contributed by atoms with E-state index in [-0.39, 0.29) is 18.3 Å². The third-order valence-corrected chi connectivity index (χ3v) is 5.48. The summed E-state index contributed by atoms with van der Waals surface area (Å²) in [7, 11) is -3.11. The number of rotatable bonds is 7. The van der Waals surface area contributed by atoms with Gasteiger partial charge < -0.3 is 10.1 Å². The Morgan fingerprint density at radius 1 is 1.35 bits per heavy atom. The van der Waals surface area contributed by atoms with Crippen LogP contribution in [-0.2, 0) is 14.8 Å². The molecule has 0 saturated carbocycles. The summed E-state index contributed by atoms with van der Waals surface area (Å²) in [5.74, 6) is -0.248. The zero-order valence-corrected chi connectivity index (χ0v) is 13.6. The zero-order chi connectivity index (χ0) is 16.7. The van der Waals surface area contributed by atoms with E-state index in [2.05, 4.69) is 5.32 Å². The molecule has 1 amide bonds. The third kappa shape index (κ3) is 5.80. The average molecular weight is 344 g/mol. The second-order valence-corrected chi connectivity index (χ2v) is 7.46. The van der Waals surface area contributed by atoms with Gasteiger partial charge in [-0.3, -0.25) is 4.79 Å². The molecule has 1 aliphatic rings. The molecule has 1 aromatic rings. The second kappa shape index (κ2) is 8.26. The first-order chi connectivity index (χ1) is 11.0. The summed E-state index contributed by atoms with van der Waals surface area (Å²) in [6.07, 6.45) is 2.14. The quantitative estimate of drug-likeness (QED) is 0.753. The molecule has 23 heavy (non-hydrogen) atoms. The number of nitrogens with one attached hydrogen (secondary N) is 1. The van der Waals surface area contributed by atoms with Crippen LogP contribution in [0.4, 0.5) is 4.39 Å². The second-order valence-electron chi connectivity index (χ2n) is 5.37. The molecule has 1 aliphatic heterocycles. The van der Waals surface area contributed by atoms with Gasteiger partial charge in [0.2, 0.25) is 10.0 Å². The average Bonchev–Trinajstić information content (AvgIpc) is 2.50. The third-order valence-electron chi connectivity index (χ3n) is 3.53. The van der Waals surface area contributed by atoms with Crippen molar-refractivity contribution in [1.29, 1.82) is 0 Å². The van der Waals surface area contributed by atoms with E-state index >= 15 is 0 Å². The number of hydrogen-bond acceptors (Lipinski definition) is 4. The molecule has 1 heterocycles. The van der Waals surface area contributed by atoms with E-state index in [9.17, 15) is 17.6 Å². The maximum atomic E-state index is 12.9. The Balaban J connectivity index is 1.63. The van der Waals surface area contributed by atoms with Crippen LogP contribution in [-0.4, -0.2) is 50.6 Å². The SMILES string of the molecule is O=C(COc1cccc(F)c1)NCCCN1CCCCS1(=O)=O. The van der Waals surface area contributed by atoms with E-state index in [4.69, 9.17) is 4.74 Å². The van der Waals surface area contributed by atoms with Gasteiger partial charge in [-0.05, 0) is 31.4 Å². The molecule has 0 aromatic heterocycles. The molecule has 0 bridgehead atoms. The Kier molecular flexibility index (Phi) is 6.35. The van der Waals surface area contributed by atoms with Gasteiger partial charge in [-0.2, -0.15) is 0 Å². The fourth-order valence-corrected chi connectivity index (χ4v) is 3.97. The number of sulfonamides is 1. The molecule has 1 saturated heterocycles. The van der Waals surface area contributed by atoms with Gasteiger partial charge in [0.15, 0.2) is 6.61 Å². The van der Waals surface area contributed by atoms with Gasteiger partial charge in [-0.25, -0.2) is 17.1 Å². The summed E-state index contributed by atoms with van der Waals surface area (Å²) in [5.41, 5.74) is 0. The Hall–Kier alpha value is -1.67. The van der Waals surface area contributed by atoms with Gasteiger partial charge in [-0.1, -0.05) is 6.07 Å². The summed E-state index contributed by atoms with van der Waals surface area (Å²) in [4.78, 5) is 11.6. The minimum Gasteiger partial charge on any atom is -0.484 e. The fraction of sp³-hybridized carbons (Fsp3) is 0.533. The van der Waals surface area contributed by atoms with Crippen LogP contribution >= 0.6 is 0 Å². The maximum absolute atomic E-state index is 12.9. The molecule has 0 radical (unpaired) electrons. The van der Waals surface area contributed by atoms with Crippen LogP contribution in [0.2, 0.25) is 0 Å². The van der Waals surface area contributed by atoms with Crippen molar-refractivity contribution >= 4 is 15.9 Å². The number of nitrogens with zero attached hydrogens (tertiary/aromatic N) is 1. The largest absolute Gasteiger partial charge is 0.484 e. The van der Waals surface area contributed by atoms with Gasteiger partial charge in [0.05, 0.1) is 5.75 Å². The molecule has 1 N–H and O–H groups in total. The normalized spacial score (nSPS) is 17.6. The standard InChI is InChI=1S/C15H21FN2O4S/c16-13-5-3-6-14(11-13)22-12-15(19)17-7-4-9-18-8-1-2-10-23(18,20)21/h3,5-6,11H,1-2,4,7-10,12H2,(H,17,19). The Morgan fingerprint density at radius 2 is 2.17 bits per heavy atom. The number of amides is 1. The van der Waals surface area contributed by atoms with Crippen LogP contribution < -0.4 is 10.1 Å². The molecule has 128 valence electrons. The van der Waals surface area contributed by atoms with Gasteiger partial charge in [0.25, 0.3) is 5.91 Å². The van der Waals surface area contributed by atoms with Crippen molar-refractivity contribution in [1.82, 2.24) is 9.62 Å². The van der Waals surface area contributed by atoms with Crippen LogP contribution in [0.3, 0.4) is 0 Å². The molecular formula is C15H21FN2O4S. The Morgan fingerprint density at radius 3 is 2.91 bits per heavy atom. The highest BCUT2D eigenvalue weighted by atomic mass is 32.2. The Labute approximate surface area is 135 Å². The van der Waals surface area contributed by atoms with Crippen molar-refractivity contribution in [2.75, 3.05) is 32.0 Å². The van der Waals surface area contributed by atoms with Crippen LogP contribution in [0.1, 0.15) is 19.3 Å². The van der Waals surface area contributed by atoms with Crippen LogP contribution in [0, 0.1) is 5.82 Å². The van der Waals surface area contributed by atoms with Crippen molar-refractivity contribution in [2.24, 2.45) is 0 Å². The minimum atomic E-state index is -3.11. The van der Waals surface area contributed by atoms with Crippen LogP contribution in [0.15, 0.2) is 24.3 Å². The molecule has 2 rings (SSSR count). The lowest BCUT2D eigenvalue weighted by molar-refractivity contribution is -0.123. The molecule has 1 aromatic carbocycles.